The smallest absolute Gasteiger partial charge is 0.336 e. The Labute approximate surface area is 174 Å². The molecule has 0 spiro atoms. The van der Waals surface area contributed by atoms with Gasteiger partial charge in [-0.15, -0.1) is 0 Å². The summed E-state index contributed by atoms with van der Waals surface area (Å²) in [6.45, 7) is 7.79. The third-order valence-electron chi connectivity index (χ3n) is 5.82. The van der Waals surface area contributed by atoms with Crippen molar-refractivity contribution >= 4 is 17.6 Å². The van der Waals surface area contributed by atoms with E-state index < -0.39 is 34.4 Å². The molecule has 2 heterocycles. The third kappa shape index (κ3) is 3.43. The number of fused-ring (bicyclic) bond motifs is 1. The number of benzene rings is 1. The van der Waals surface area contributed by atoms with Gasteiger partial charge in [0.05, 0.1) is 30.3 Å². The van der Waals surface area contributed by atoms with Gasteiger partial charge in [0, 0.05) is 30.3 Å². The quantitative estimate of drug-likeness (QED) is 0.408. The Morgan fingerprint density at radius 2 is 2.10 bits per heavy atom. The van der Waals surface area contributed by atoms with E-state index in [0.29, 0.717) is 17.8 Å². The number of hydrogen-bond acceptors (Lipinski definition) is 8. The zero-order chi connectivity index (χ0) is 22.2. The molecule has 9 heteroatoms. The highest BCUT2D eigenvalue weighted by atomic mass is 16.6. The van der Waals surface area contributed by atoms with Crippen LogP contribution in [0.5, 0.6) is 0 Å². The van der Waals surface area contributed by atoms with Gasteiger partial charge in [0.25, 0.3) is 5.69 Å². The second-order valence-corrected chi connectivity index (χ2v) is 7.64. The van der Waals surface area contributed by atoms with Gasteiger partial charge >= 0.3 is 11.9 Å². The number of carbonyl (C=O) groups is 2. The summed E-state index contributed by atoms with van der Waals surface area (Å²) < 4.78 is 16.6. The molecule has 162 valence electrons. The zero-order valence-electron chi connectivity index (χ0n) is 17.7. The van der Waals surface area contributed by atoms with Crippen LogP contribution in [0.1, 0.15) is 39.2 Å². The van der Waals surface area contributed by atoms with Crippen LogP contribution < -0.4 is 0 Å². The Morgan fingerprint density at radius 3 is 2.70 bits per heavy atom. The maximum absolute atomic E-state index is 13.2. The number of non-ortho nitro benzene ring substituents is 1. The first-order chi connectivity index (χ1) is 14.2. The number of nitro groups is 1. The largest absolute Gasteiger partial charge is 0.466 e. The predicted molar refractivity (Wildman–Crippen MR) is 106 cm³/mol. The summed E-state index contributed by atoms with van der Waals surface area (Å²) >= 11 is 0. The van der Waals surface area contributed by atoms with Crippen LogP contribution in [0, 0.1) is 16.0 Å². The first-order valence-electron chi connectivity index (χ1n) is 9.81. The maximum atomic E-state index is 13.2. The van der Waals surface area contributed by atoms with Crippen molar-refractivity contribution in [1.29, 1.82) is 0 Å². The molecule has 0 bridgehead atoms. The van der Waals surface area contributed by atoms with Crippen molar-refractivity contribution in [2.75, 3.05) is 20.3 Å². The van der Waals surface area contributed by atoms with Gasteiger partial charge in [0.15, 0.2) is 5.72 Å². The number of ether oxygens (including phenoxy) is 3. The van der Waals surface area contributed by atoms with E-state index >= 15 is 0 Å². The van der Waals surface area contributed by atoms with Crippen molar-refractivity contribution in [1.82, 2.24) is 4.90 Å². The minimum absolute atomic E-state index is 0.134. The van der Waals surface area contributed by atoms with E-state index in [1.807, 2.05) is 11.8 Å². The van der Waals surface area contributed by atoms with Crippen molar-refractivity contribution in [2.24, 2.45) is 5.92 Å². The molecule has 2 aliphatic rings. The molecular formula is C21H26N2O7. The van der Waals surface area contributed by atoms with E-state index in [0.717, 1.165) is 0 Å². The first-order valence-corrected chi connectivity index (χ1v) is 9.81. The number of nitro benzene ring substituents is 1. The third-order valence-corrected chi connectivity index (χ3v) is 5.82. The van der Waals surface area contributed by atoms with Crippen LogP contribution in [0.15, 0.2) is 35.5 Å². The Bertz CT molecular complexity index is 912. The van der Waals surface area contributed by atoms with Gasteiger partial charge in [0.2, 0.25) is 0 Å². The number of hydrogen-bond donors (Lipinski definition) is 0. The van der Waals surface area contributed by atoms with Gasteiger partial charge in [-0.05, 0) is 33.3 Å². The van der Waals surface area contributed by atoms with Crippen LogP contribution in [0.2, 0.25) is 0 Å². The monoisotopic (exact) mass is 418 g/mol. The van der Waals surface area contributed by atoms with Crippen molar-refractivity contribution in [2.45, 2.75) is 45.4 Å². The van der Waals surface area contributed by atoms with E-state index in [2.05, 4.69) is 0 Å². The van der Waals surface area contributed by atoms with Gasteiger partial charge in [-0.3, -0.25) is 14.9 Å². The van der Waals surface area contributed by atoms with Gasteiger partial charge in [-0.1, -0.05) is 12.1 Å². The van der Waals surface area contributed by atoms with Crippen molar-refractivity contribution < 1.29 is 28.7 Å². The summed E-state index contributed by atoms with van der Waals surface area (Å²) in [6.07, 6.45) is -0.190. The number of allylic oxidation sites excluding steroid dienone is 1. The lowest BCUT2D eigenvalue weighted by Crippen LogP contribution is -2.57. The summed E-state index contributed by atoms with van der Waals surface area (Å²) in [5.74, 6) is -2.89. The number of nitrogens with zero attached hydrogens (tertiary/aromatic N) is 2. The molecule has 4 atom stereocenters. The van der Waals surface area contributed by atoms with Crippen molar-refractivity contribution in [3.05, 3.63) is 51.2 Å². The van der Waals surface area contributed by atoms with Crippen LogP contribution in [0.25, 0.3) is 0 Å². The number of carbonyl (C=O) groups excluding carboxylic acids is 2. The molecular weight excluding hydrogens is 392 g/mol. The summed E-state index contributed by atoms with van der Waals surface area (Å²) in [5, 5.41) is 11.4. The SMILES string of the molecule is CCOC(=O)[C@H]1[C@H](c2cccc([N+](=O)[O-])c2)C(C(=O)OC)=C(C)N2C[C@H](C)O[C@@]12C. The van der Waals surface area contributed by atoms with Crippen LogP contribution in [-0.4, -0.2) is 53.9 Å². The summed E-state index contributed by atoms with van der Waals surface area (Å²) in [4.78, 5) is 38.8. The summed E-state index contributed by atoms with van der Waals surface area (Å²) in [7, 11) is 1.27. The predicted octanol–water partition coefficient (Wildman–Crippen LogP) is 2.76. The summed E-state index contributed by atoms with van der Waals surface area (Å²) in [6, 6.07) is 5.94. The highest BCUT2D eigenvalue weighted by Crippen LogP contribution is 2.52. The molecule has 0 unspecified atom stereocenters. The Hall–Kier alpha value is -2.94. The van der Waals surface area contributed by atoms with E-state index in [4.69, 9.17) is 14.2 Å². The minimum Gasteiger partial charge on any atom is -0.466 e. The normalized spacial score (nSPS) is 28.2. The fraction of sp³-hybridized carbons (Fsp3) is 0.524. The molecule has 2 aliphatic heterocycles. The average molecular weight is 418 g/mol. The van der Waals surface area contributed by atoms with Crippen molar-refractivity contribution in [3.8, 4) is 0 Å². The lowest BCUT2D eigenvalue weighted by molar-refractivity contribution is -0.384. The van der Waals surface area contributed by atoms with E-state index in [1.165, 1.54) is 25.3 Å². The lowest BCUT2D eigenvalue weighted by Gasteiger charge is -2.48. The number of esters is 2. The van der Waals surface area contributed by atoms with Gasteiger partial charge in [0.1, 0.15) is 5.92 Å². The maximum Gasteiger partial charge on any atom is 0.336 e. The highest BCUT2D eigenvalue weighted by Gasteiger charge is 2.60. The Kier molecular flexibility index (Phi) is 5.85. The molecule has 0 N–H and O–H groups in total. The molecule has 30 heavy (non-hydrogen) atoms. The molecule has 1 saturated heterocycles. The molecule has 0 radical (unpaired) electrons. The van der Waals surface area contributed by atoms with Gasteiger partial charge in [-0.25, -0.2) is 4.79 Å². The lowest BCUT2D eigenvalue weighted by atomic mass is 9.71. The van der Waals surface area contributed by atoms with E-state index in [9.17, 15) is 19.7 Å². The number of rotatable bonds is 5. The van der Waals surface area contributed by atoms with E-state index in [1.54, 1.807) is 26.8 Å². The second-order valence-electron chi connectivity index (χ2n) is 7.64. The molecule has 3 rings (SSSR count). The molecule has 0 aliphatic carbocycles. The fourth-order valence-electron chi connectivity index (χ4n) is 4.67. The minimum atomic E-state index is -1.08. The first kappa shape index (κ1) is 21.8. The summed E-state index contributed by atoms with van der Waals surface area (Å²) in [5.41, 5.74) is 0.121. The Morgan fingerprint density at radius 1 is 1.40 bits per heavy atom. The molecule has 0 saturated carbocycles. The Balaban J connectivity index is 2.29. The van der Waals surface area contributed by atoms with Crippen LogP contribution in [0.3, 0.4) is 0 Å². The standard InChI is InChI=1S/C21H26N2O7/c1-6-29-20(25)18-17(14-8-7-9-15(10-14)23(26)27)16(19(24)28-5)13(3)22-11-12(2)30-21(18,22)4/h7-10,12,17-18H,6,11H2,1-5H3/t12-,17+,18+,21-/m0/s1. The molecule has 1 fully saturated rings. The second kappa shape index (κ2) is 8.06. The van der Waals surface area contributed by atoms with Gasteiger partial charge < -0.3 is 19.1 Å². The number of methoxy groups -OCH3 is 1. The van der Waals surface area contributed by atoms with Crippen LogP contribution in [-0.2, 0) is 23.8 Å². The molecule has 0 aromatic heterocycles. The average Bonchev–Trinajstić information content (AvgIpc) is 3.02. The van der Waals surface area contributed by atoms with Crippen LogP contribution in [0.4, 0.5) is 5.69 Å². The molecule has 9 nitrogen and oxygen atoms in total. The topological polar surface area (TPSA) is 108 Å². The van der Waals surface area contributed by atoms with Crippen molar-refractivity contribution in [3.63, 3.8) is 0 Å². The molecule has 0 amide bonds. The highest BCUT2D eigenvalue weighted by molar-refractivity contribution is 5.93. The molecule has 1 aromatic rings. The zero-order valence-corrected chi connectivity index (χ0v) is 17.7. The van der Waals surface area contributed by atoms with Crippen LogP contribution >= 0.6 is 0 Å². The fourth-order valence-corrected chi connectivity index (χ4v) is 4.67. The molecule has 1 aromatic carbocycles. The van der Waals surface area contributed by atoms with E-state index in [-0.39, 0.29) is 24.0 Å². The van der Waals surface area contributed by atoms with Gasteiger partial charge in [-0.2, -0.15) is 0 Å².